The molecule has 1 heterocycles. The van der Waals surface area contributed by atoms with Gasteiger partial charge in [0.05, 0.1) is 36.9 Å². The normalized spacial score (nSPS) is 21.7. The molecule has 1 N–H and O–H groups in total. The Bertz CT molecular complexity index is 799. The van der Waals surface area contributed by atoms with Gasteiger partial charge in [-0.2, -0.15) is 0 Å². The standard InChI is InChI=1S/C21H28N2O6/c1-21(2,3)29-20(24)22-18-4-5-19(18)28-13-14-10-16(12-17(11-14)23(25)26)15-6-8-27-9-7-15/h6,10-12,18-19H,4-5,7-9,13H2,1-3H3,(H,22,24)/t18-,19-/m1/s1. The summed E-state index contributed by atoms with van der Waals surface area (Å²) < 4.78 is 16.6. The molecular weight excluding hydrogens is 376 g/mol. The Kier molecular flexibility index (Phi) is 6.54. The summed E-state index contributed by atoms with van der Waals surface area (Å²) >= 11 is 0. The van der Waals surface area contributed by atoms with Crippen molar-refractivity contribution in [2.45, 2.75) is 64.4 Å². The molecule has 0 bridgehead atoms. The van der Waals surface area contributed by atoms with Crippen LogP contribution in [0.3, 0.4) is 0 Å². The Morgan fingerprint density at radius 3 is 2.69 bits per heavy atom. The van der Waals surface area contributed by atoms with Gasteiger partial charge in [-0.15, -0.1) is 0 Å². The van der Waals surface area contributed by atoms with Gasteiger partial charge in [-0.05, 0) is 62.8 Å². The number of hydrogen-bond acceptors (Lipinski definition) is 6. The Labute approximate surface area is 170 Å². The Balaban J connectivity index is 1.62. The van der Waals surface area contributed by atoms with E-state index in [-0.39, 0.29) is 29.4 Å². The van der Waals surface area contributed by atoms with Gasteiger partial charge < -0.3 is 19.5 Å². The molecule has 1 amide bonds. The maximum absolute atomic E-state index is 11.9. The summed E-state index contributed by atoms with van der Waals surface area (Å²) in [5, 5.41) is 14.2. The van der Waals surface area contributed by atoms with Crippen LogP contribution in [-0.4, -0.2) is 42.0 Å². The van der Waals surface area contributed by atoms with Crippen LogP contribution >= 0.6 is 0 Å². The summed E-state index contributed by atoms with van der Waals surface area (Å²) in [5.41, 5.74) is 2.12. The molecule has 158 valence electrons. The van der Waals surface area contributed by atoms with Gasteiger partial charge in [0.2, 0.25) is 0 Å². The molecule has 2 atom stereocenters. The van der Waals surface area contributed by atoms with E-state index in [0.717, 1.165) is 36.0 Å². The zero-order valence-electron chi connectivity index (χ0n) is 17.1. The van der Waals surface area contributed by atoms with Gasteiger partial charge in [-0.1, -0.05) is 6.08 Å². The molecule has 3 rings (SSSR count). The SMILES string of the molecule is CC(C)(C)OC(=O)N[C@@H]1CC[C@H]1OCc1cc(C2=CCOCC2)cc([N+](=O)[O-])c1. The van der Waals surface area contributed by atoms with E-state index in [1.807, 2.05) is 32.9 Å². The van der Waals surface area contributed by atoms with Crippen molar-refractivity contribution in [3.05, 3.63) is 45.5 Å². The molecule has 1 aromatic carbocycles. The number of nitro groups is 1. The fourth-order valence-corrected chi connectivity index (χ4v) is 3.33. The topological polar surface area (TPSA) is 99.9 Å². The Morgan fingerprint density at radius 2 is 2.10 bits per heavy atom. The van der Waals surface area contributed by atoms with Crippen LogP contribution in [0.5, 0.6) is 0 Å². The van der Waals surface area contributed by atoms with E-state index >= 15 is 0 Å². The molecule has 0 aromatic heterocycles. The van der Waals surface area contributed by atoms with Crippen LogP contribution in [0.15, 0.2) is 24.3 Å². The highest BCUT2D eigenvalue weighted by atomic mass is 16.6. The van der Waals surface area contributed by atoms with Crippen LogP contribution in [0.25, 0.3) is 5.57 Å². The van der Waals surface area contributed by atoms with Gasteiger partial charge in [-0.25, -0.2) is 4.79 Å². The quantitative estimate of drug-likeness (QED) is 0.569. The monoisotopic (exact) mass is 404 g/mol. The maximum Gasteiger partial charge on any atom is 0.407 e. The fourth-order valence-electron chi connectivity index (χ4n) is 3.33. The molecule has 1 saturated carbocycles. The summed E-state index contributed by atoms with van der Waals surface area (Å²) in [5.74, 6) is 0. The van der Waals surface area contributed by atoms with Gasteiger partial charge in [0, 0.05) is 12.1 Å². The van der Waals surface area contributed by atoms with Crippen molar-refractivity contribution < 1.29 is 23.9 Å². The molecule has 0 spiro atoms. The van der Waals surface area contributed by atoms with Crippen molar-refractivity contribution in [3.8, 4) is 0 Å². The number of nitrogens with one attached hydrogen (secondary N) is 1. The minimum Gasteiger partial charge on any atom is -0.444 e. The zero-order chi connectivity index (χ0) is 21.0. The summed E-state index contributed by atoms with van der Waals surface area (Å²) in [7, 11) is 0. The molecule has 29 heavy (non-hydrogen) atoms. The maximum atomic E-state index is 11.9. The highest BCUT2D eigenvalue weighted by Gasteiger charge is 2.34. The Hall–Kier alpha value is -2.45. The first-order valence-electron chi connectivity index (χ1n) is 9.88. The van der Waals surface area contributed by atoms with E-state index in [4.69, 9.17) is 14.2 Å². The minimum absolute atomic E-state index is 0.0468. The molecule has 0 saturated heterocycles. The van der Waals surface area contributed by atoms with Crippen LogP contribution in [0.2, 0.25) is 0 Å². The lowest BCUT2D eigenvalue weighted by molar-refractivity contribution is -0.385. The first kappa shape index (κ1) is 21.3. The minimum atomic E-state index is -0.553. The van der Waals surface area contributed by atoms with Gasteiger partial charge >= 0.3 is 6.09 Å². The number of alkyl carbamates (subject to hydrolysis) is 1. The van der Waals surface area contributed by atoms with Crippen LogP contribution in [-0.2, 0) is 20.8 Å². The second-order valence-electron chi connectivity index (χ2n) is 8.38. The van der Waals surface area contributed by atoms with E-state index in [2.05, 4.69) is 5.32 Å². The van der Waals surface area contributed by atoms with Crippen molar-refractivity contribution >= 4 is 17.4 Å². The van der Waals surface area contributed by atoms with Crippen molar-refractivity contribution in [2.24, 2.45) is 0 Å². The Morgan fingerprint density at radius 1 is 1.31 bits per heavy atom. The molecule has 1 aliphatic heterocycles. The fraction of sp³-hybridized carbons (Fsp3) is 0.571. The first-order valence-corrected chi connectivity index (χ1v) is 9.88. The number of nitrogens with zero attached hydrogens (tertiary/aromatic N) is 1. The summed E-state index contributed by atoms with van der Waals surface area (Å²) in [6.07, 6.45) is 3.74. The van der Waals surface area contributed by atoms with E-state index in [1.165, 1.54) is 0 Å². The summed E-state index contributed by atoms with van der Waals surface area (Å²) in [4.78, 5) is 22.9. The highest BCUT2D eigenvalue weighted by Crippen LogP contribution is 2.29. The number of amides is 1. The zero-order valence-corrected chi connectivity index (χ0v) is 17.1. The van der Waals surface area contributed by atoms with E-state index in [0.29, 0.717) is 13.2 Å². The van der Waals surface area contributed by atoms with Crippen molar-refractivity contribution in [3.63, 3.8) is 0 Å². The van der Waals surface area contributed by atoms with Crippen molar-refractivity contribution in [1.82, 2.24) is 5.32 Å². The number of hydrogen-bond donors (Lipinski definition) is 1. The lowest BCUT2D eigenvalue weighted by atomic mass is 9.89. The highest BCUT2D eigenvalue weighted by molar-refractivity contribution is 5.69. The lowest BCUT2D eigenvalue weighted by Crippen LogP contribution is -2.52. The number of rotatable bonds is 6. The van der Waals surface area contributed by atoms with Gasteiger partial charge in [0.25, 0.3) is 5.69 Å². The molecule has 2 aliphatic rings. The smallest absolute Gasteiger partial charge is 0.407 e. The third-order valence-electron chi connectivity index (χ3n) is 4.90. The molecule has 1 aliphatic carbocycles. The van der Waals surface area contributed by atoms with E-state index in [1.54, 1.807) is 12.1 Å². The van der Waals surface area contributed by atoms with E-state index < -0.39 is 11.7 Å². The van der Waals surface area contributed by atoms with Crippen LogP contribution in [0.1, 0.15) is 51.2 Å². The molecule has 0 radical (unpaired) electrons. The largest absolute Gasteiger partial charge is 0.444 e. The number of nitro benzene ring substituents is 1. The lowest BCUT2D eigenvalue weighted by Gasteiger charge is -2.37. The second-order valence-corrected chi connectivity index (χ2v) is 8.38. The predicted octanol–water partition coefficient (Wildman–Crippen LogP) is 3.97. The molecule has 0 unspecified atom stereocenters. The first-order chi connectivity index (χ1) is 13.7. The molecule has 8 heteroatoms. The third kappa shape index (κ3) is 6.01. The van der Waals surface area contributed by atoms with Crippen LogP contribution < -0.4 is 5.32 Å². The molecule has 1 fully saturated rings. The number of ether oxygens (including phenoxy) is 3. The molecular formula is C21H28N2O6. The van der Waals surface area contributed by atoms with Crippen LogP contribution in [0, 0.1) is 10.1 Å². The van der Waals surface area contributed by atoms with Gasteiger partial charge in [0.15, 0.2) is 0 Å². The van der Waals surface area contributed by atoms with Gasteiger partial charge in [0.1, 0.15) is 5.60 Å². The average molecular weight is 404 g/mol. The number of non-ortho nitro benzene ring substituents is 1. The van der Waals surface area contributed by atoms with Gasteiger partial charge in [-0.3, -0.25) is 10.1 Å². The van der Waals surface area contributed by atoms with E-state index in [9.17, 15) is 14.9 Å². The van der Waals surface area contributed by atoms with Crippen molar-refractivity contribution in [2.75, 3.05) is 13.2 Å². The summed E-state index contributed by atoms with van der Waals surface area (Å²) in [6, 6.07) is 4.95. The van der Waals surface area contributed by atoms with Crippen molar-refractivity contribution in [1.29, 1.82) is 0 Å². The number of benzene rings is 1. The average Bonchev–Trinajstić information content (AvgIpc) is 2.64. The number of carbonyl (C=O) groups is 1. The third-order valence-corrected chi connectivity index (χ3v) is 4.90. The second kappa shape index (κ2) is 8.92. The summed E-state index contributed by atoms with van der Waals surface area (Å²) in [6.45, 7) is 6.82. The molecule has 1 aromatic rings. The van der Waals surface area contributed by atoms with Crippen LogP contribution in [0.4, 0.5) is 10.5 Å². The molecule has 8 nitrogen and oxygen atoms in total. The number of carbonyl (C=O) groups excluding carboxylic acids is 1. The predicted molar refractivity (Wildman–Crippen MR) is 107 cm³/mol.